The number of aryl methyl sites for hydroxylation is 1. The van der Waals surface area contributed by atoms with Crippen molar-refractivity contribution in [2.45, 2.75) is 6.92 Å². The molecule has 0 amide bonds. The van der Waals surface area contributed by atoms with E-state index in [4.69, 9.17) is 23.2 Å². The molecule has 0 bridgehead atoms. The molecule has 2 rings (SSSR count). The molecule has 0 saturated carbocycles. The fraction of sp³-hybridized carbons (Fsp3) is 0.0769. The highest BCUT2D eigenvalue weighted by Gasteiger charge is 2.19. The van der Waals surface area contributed by atoms with Crippen molar-refractivity contribution in [2.75, 3.05) is 5.32 Å². The minimum absolute atomic E-state index is 0.0831. The molecule has 0 aliphatic rings. The molecule has 0 aliphatic heterocycles. The molecule has 0 heterocycles. The van der Waals surface area contributed by atoms with Crippen molar-refractivity contribution >= 4 is 40.3 Å². The first kappa shape index (κ1) is 13.6. The summed E-state index contributed by atoms with van der Waals surface area (Å²) in [6.07, 6.45) is 0. The maximum Gasteiger partial charge on any atom is 0.311 e. The number of hydrogen-bond donors (Lipinski definition) is 1. The van der Waals surface area contributed by atoms with E-state index >= 15 is 0 Å². The third-order valence-electron chi connectivity index (χ3n) is 2.65. The number of nitro groups is 1. The van der Waals surface area contributed by atoms with Crippen molar-refractivity contribution in [1.82, 2.24) is 0 Å². The monoisotopic (exact) mass is 296 g/mol. The van der Waals surface area contributed by atoms with E-state index in [9.17, 15) is 10.1 Å². The number of hydrogen-bond acceptors (Lipinski definition) is 3. The fourth-order valence-electron chi connectivity index (χ4n) is 1.73. The molecule has 98 valence electrons. The Labute approximate surface area is 120 Å². The Morgan fingerprint density at radius 1 is 1.11 bits per heavy atom. The second-order valence-corrected chi connectivity index (χ2v) is 4.76. The fourth-order valence-corrected chi connectivity index (χ4v) is 2.24. The van der Waals surface area contributed by atoms with Gasteiger partial charge >= 0.3 is 5.69 Å². The van der Waals surface area contributed by atoms with Crippen LogP contribution in [0.2, 0.25) is 10.0 Å². The van der Waals surface area contributed by atoms with E-state index in [2.05, 4.69) is 5.32 Å². The van der Waals surface area contributed by atoms with Gasteiger partial charge < -0.3 is 5.32 Å². The van der Waals surface area contributed by atoms with Gasteiger partial charge in [0.25, 0.3) is 0 Å². The summed E-state index contributed by atoms with van der Waals surface area (Å²) in [6.45, 7) is 1.87. The number of nitrogens with one attached hydrogen (secondary N) is 1. The molecular weight excluding hydrogens is 287 g/mol. The third kappa shape index (κ3) is 2.80. The summed E-state index contributed by atoms with van der Waals surface area (Å²) in [4.78, 5) is 10.5. The molecule has 0 saturated heterocycles. The van der Waals surface area contributed by atoms with Crippen LogP contribution in [0.25, 0.3) is 0 Å². The predicted molar refractivity (Wildman–Crippen MR) is 77.6 cm³/mol. The van der Waals surface area contributed by atoms with E-state index in [1.165, 1.54) is 6.07 Å². The van der Waals surface area contributed by atoms with Gasteiger partial charge in [0.15, 0.2) is 0 Å². The molecule has 0 aliphatic carbocycles. The van der Waals surface area contributed by atoms with Crippen molar-refractivity contribution in [3.05, 3.63) is 62.1 Å². The number of rotatable bonds is 3. The van der Waals surface area contributed by atoms with Crippen LogP contribution in [-0.4, -0.2) is 4.92 Å². The summed E-state index contributed by atoms with van der Waals surface area (Å²) in [5.41, 5.74) is 1.67. The van der Waals surface area contributed by atoms with E-state index in [1.807, 2.05) is 19.1 Å². The van der Waals surface area contributed by atoms with E-state index in [-0.39, 0.29) is 10.7 Å². The molecule has 0 spiro atoms. The van der Waals surface area contributed by atoms with Crippen LogP contribution in [0.3, 0.4) is 0 Å². The molecule has 6 heteroatoms. The molecule has 2 aromatic rings. The number of nitrogens with zero attached hydrogens (tertiary/aromatic N) is 1. The lowest BCUT2D eigenvalue weighted by atomic mass is 10.2. The minimum atomic E-state index is -0.517. The molecule has 2 aromatic carbocycles. The SMILES string of the molecule is Cc1cccc(Cl)c1Nc1cccc(Cl)c1[N+](=O)[O-]. The maximum absolute atomic E-state index is 11.1. The van der Waals surface area contributed by atoms with Gasteiger partial charge in [-0.2, -0.15) is 0 Å². The Morgan fingerprint density at radius 3 is 2.37 bits per heavy atom. The smallest absolute Gasteiger partial charge is 0.311 e. The number of nitro benzene ring substituents is 1. The topological polar surface area (TPSA) is 55.2 Å². The summed E-state index contributed by atoms with van der Waals surface area (Å²) < 4.78 is 0. The number of para-hydroxylation sites is 2. The Balaban J connectivity index is 2.50. The second-order valence-electron chi connectivity index (χ2n) is 3.95. The summed E-state index contributed by atoms with van der Waals surface area (Å²) in [6, 6.07) is 10.1. The Kier molecular flexibility index (Phi) is 3.93. The van der Waals surface area contributed by atoms with Gasteiger partial charge in [-0.1, -0.05) is 41.4 Å². The van der Waals surface area contributed by atoms with Crippen LogP contribution >= 0.6 is 23.2 Å². The third-order valence-corrected chi connectivity index (χ3v) is 3.27. The summed E-state index contributed by atoms with van der Waals surface area (Å²) in [7, 11) is 0. The Hall–Kier alpha value is -1.78. The lowest BCUT2D eigenvalue weighted by Gasteiger charge is -2.12. The van der Waals surface area contributed by atoms with Crippen LogP contribution in [0.15, 0.2) is 36.4 Å². The maximum atomic E-state index is 11.1. The van der Waals surface area contributed by atoms with Gasteiger partial charge in [-0.15, -0.1) is 0 Å². The molecule has 4 nitrogen and oxygen atoms in total. The van der Waals surface area contributed by atoms with E-state index in [0.29, 0.717) is 16.4 Å². The Bertz CT molecular complexity index is 624. The zero-order valence-electron chi connectivity index (χ0n) is 9.98. The largest absolute Gasteiger partial charge is 0.348 e. The van der Waals surface area contributed by atoms with Crippen molar-refractivity contribution in [2.24, 2.45) is 0 Å². The average Bonchev–Trinajstić information content (AvgIpc) is 2.33. The quantitative estimate of drug-likeness (QED) is 0.644. The Morgan fingerprint density at radius 2 is 1.74 bits per heavy atom. The summed E-state index contributed by atoms with van der Waals surface area (Å²) >= 11 is 11.9. The second kappa shape index (κ2) is 5.47. The van der Waals surface area contributed by atoms with Gasteiger partial charge in [-0.3, -0.25) is 10.1 Å². The van der Waals surface area contributed by atoms with Gasteiger partial charge in [-0.25, -0.2) is 0 Å². The zero-order chi connectivity index (χ0) is 14.0. The van der Waals surface area contributed by atoms with Gasteiger partial charge in [0.1, 0.15) is 10.7 Å². The molecule has 0 unspecified atom stereocenters. The van der Waals surface area contributed by atoms with Gasteiger partial charge in [0.2, 0.25) is 0 Å². The first-order chi connectivity index (χ1) is 9.00. The normalized spacial score (nSPS) is 10.3. The van der Waals surface area contributed by atoms with Crippen LogP contribution in [-0.2, 0) is 0 Å². The van der Waals surface area contributed by atoms with Crippen molar-refractivity contribution in [3.63, 3.8) is 0 Å². The lowest BCUT2D eigenvalue weighted by Crippen LogP contribution is -1.99. The van der Waals surface area contributed by atoms with Crippen LogP contribution in [0.1, 0.15) is 5.56 Å². The molecule has 0 aromatic heterocycles. The van der Waals surface area contributed by atoms with E-state index < -0.39 is 4.92 Å². The number of anilines is 2. The highest BCUT2D eigenvalue weighted by Crippen LogP contribution is 2.36. The lowest BCUT2D eigenvalue weighted by molar-refractivity contribution is -0.383. The molecule has 19 heavy (non-hydrogen) atoms. The number of halogens is 2. The molecule has 0 radical (unpaired) electrons. The summed E-state index contributed by atoms with van der Waals surface area (Å²) in [5, 5.41) is 14.6. The molecule has 1 N–H and O–H groups in total. The van der Waals surface area contributed by atoms with Gasteiger partial charge in [0.05, 0.1) is 15.6 Å². The van der Waals surface area contributed by atoms with E-state index in [1.54, 1.807) is 18.2 Å². The van der Waals surface area contributed by atoms with Crippen molar-refractivity contribution < 1.29 is 4.92 Å². The van der Waals surface area contributed by atoms with E-state index in [0.717, 1.165) is 5.56 Å². The van der Waals surface area contributed by atoms with Crippen molar-refractivity contribution in [3.8, 4) is 0 Å². The average molecular weight is 297 g/mol. The molecule has 0 atom stereocenters. The molecule has 0 fully saturated rings. The number of benzene rings is 2. The standard InChI is InChI=1S/C13H10Cl2N2O2/c1-8-4-2-5-9(14)12(8)16-11-7-3-6-10(15)13(11)17(18)19/h2-7,16H,1H3. The highest BCUT2D eigenvalue weighted by atomic mass is 35.5. The van der Waals surface area contributed by atoms with Crippen LogP contribution < -0.4 is 5.32 Å². The van der Waals surface area contributed by atoms with Crippen LogP contribution in [0.5, 0.6) is 0 Å². The van der Waals surface area contributed by atoms with Crippen LogP contribution in [0, 0.1) is 17.0 Å². The van der Waals surface area contributed by atoms with Gasteiger partial charge in [-0.05, 0) is 30.7 Å². The van der Waals surface area contributed by atoms with Crippen molar-refractivity contribution in [1.29, 1.82) is 0 Å². The first-order valence-electron chi connectivity index (χ1n) is 5.45. The zero-order valence-corrected chi connectivity index (χ0v) is 11.5. The van der Waals surface area contributed by atoms with Gasteiger partial charge in [0, 0.05) is 0 Å². The minimum Gasteiger partial charge on any atom is -0.348 e. The first-order valence-corrected chi connectivity index (χ1v) is 6.21. The predicted octanol–water partition coefficient (Wildman–Crippen LogP) is 4.95. The summed E-state index contributed by atoms with van der Waals surface area (Å²) in [5.74, 6) is 0. The van der Waals surface area contributed by atoms with Crippen LogP contribution in [0.4, 0.5) is 17.1 Å². The molecular formula is C13H10Cl2N2O2. The highest BCUT2D eigenvalue weighted by molar-refractivity contribution is 6.34.